The molecule has 1 saturated heterocycles. The maximum atomic E-state index is 11.5. The highest BCUT2D eigenvalue weighted by molar-refractivity contribution is 5.92. The highest BCUT2D eigenvalue weighted by Crippen LogP contribution is 2.10. The van der Waals surface area contributed by atoms with E-state index in [1.807, 2.05) is 12.3 Å². The van der Waals surface area contributed by atoms with Crippen LogP contribution in [0.3, 0.4) is 0 Å². The molecule has 1 fully saturated rings. The number of ketones is 1. The van der Waals surface area contributed by atoms with Gasteiger partial charge in [0.1, 0.15) is 6.04 Å². The lowest BCUT2D eigenvalue weighted by atomic mass is 10.0. The van der Waals surface area contributed by atoms with Gasteiger partial charge < -0.3 is 10.6 Å². The Hall–Kier alpha value is -0.830. The maximum Gasteiger partial charge on any atom is 0.175 e. The molecular formula is C8H12N2O. The lowest BCUT2D eigenvalue weighted by molar-refractivity contribution is -0.121. The SMILES string of the molecule is O=C(C1C=CN1)C1CCCN1. The number of carbonyl (C=O) groups is 1. The van der Waals surface area contributed by atoms with E-state index in [0.29, 0.717) is 5.78 Å². The molecule has 2 rings (SSSR count). The van der Waals surface area contributed by atoms with Crippen molar-refractivity contribution in [2.75, 3.05) is 6.54 Å². The van der Waals surface area contributed by atoms with Crippen LogP contribution in [-0.2, 0) is 4.79 Å². The van der Waals surface area contributed by atoms with Crippen molar-refractivity contribution in [2.45, 2.75) is 24.9 Å². The molecule has 0 aliphatic carbocycles. The first-order chi connectivity index (χ1) is 5.38. The number of hydrogen-bond donors (Lipinski definition) is 2. The molecule has 2 aliphatic heterocycles. The second-order valence-corrected chi connectivity index (χ2v) is 3.05. The predicted octanol–water partition coefficient (Wildman–Crippen LogP) is -0.207. The van der Waals surface area contributed by atoms with E-state index in [4.69, 9.17) is 0 Å². The van der Waals surface area contributed by atoms with Crippen molar-refractivity contribution in [3.8, 4) is 0 Å². The summed E-state index contributed by atoms with van der Waals surface area (Å²) in [6, 6.07) is 0.100. The van der Waals surface area contributed by atoms with Crippen LogP contribution in [-0.4, -0.2) is 24.4 Å². The van der Waals surface area contributed by atoms with Crippen LogP contribution in [0.2, 0.25) is 0 Å². The van der Waals surface area contributed by atoms with E-state index in [9.17, 15) is 4.79 Å². The molecule has 2 heterocycles. The maximum absolute atomic E-state index is 11.5. The fourth-order valence-corrected chi connectivity index (χ4v) is 1.51. The Morgan fingerprint density at radius 3 is 2.82 bits per heavy atom. The zero-order valence-electron chi connectivity index (χ0n) is 6.34. The average Bonchev–Trinajstić information content (AvgIpc) is 2.32. The van der Waals surface area contributed by atoms with Gasteiger partial charge >= 0.3 is 0 Å². The van der Waals surface area contributed by atoms with Gasteiger partial charge in [0, 0.05) is 0 Å². The van der Waals surface area contributed by atoms with Gasteiger partial charge in [-0.05, 0) is 31.7 Å². The van der Waals surface area contributed by atoms with E-state index >= 15 is 0 Å². The molecule has 3 heteroatoms. The molecule has 0 aromatic heterocycles. The Kier molecular flexibility index (Phi) is 1.66. The first kappa shape index (κ1) is 6.85. The minimum Gasteiger partial charge on any atom is -0.378 e. The van der Waals surface area contributed by atoms with E-state index < -0.39 is 0 Å². The Morgan fingerprint density at radius 1 is 1.55 bits per heavy atom. The second kappa shape index (κ2) is 2.66. The summed E-state index contributed by atoms with van der Waals surface area (Å²) in [6.07, 6.45) is 5.86. The van der Waals surface area contributed by atoms with Gasteiger partial charge in [-0.2, -0.15) is 0 Å². The first-order valence-electron chi connectivity index (χ1n) is 4.08. The van der Waals surface area contributed by atoms with Crippen molar-refractivity contribution in [3.63, 3.8) is 0 Å². The van der Waals surface area contributed by atoms with Gasteiger partial charge in [-0.25, -0.2) is 0 Å². The molecule has 11 heavy (non-hydrogen) atoms. The quantitative estimate of drug-likeness (QED) is 0.575. The lowest BCUT2D eigenvalue weighted by Gasteiger charge is -2.22. The average molecular weight is 152 g/mol. The van der Waals surface area contributed by atoms with Crippen LogP contribution < -0.4 is 10.6 Å². The van der Waals surface area contributed by atoms with Gasteiger partial charge in [0.2, 0.25) is 0 Å². The number of hydrogen-bond acceptors (Lipinski definition) is 3. The molecule has 0 bridgehead atoms. The zero-order chi connectivity index (χ0) is 7.68. The summed E-state index contributed by atoms with van der Waals surface area (Å²) in [7, 11) is 0. The van der Waals surface area contributed by atoms with Gasteiger partial charge in [-0.3, -0.25) is 4.79 Å². The Balaban J connectivity index is 1.93. The molecule has 2 atom stereocenters. The molecule has 2 unspecified atom stereocenters. The summed E-state index contributed by atoms with van der Waals surface area (Å²) < 4.78 is 0. The van der Waals surface area contributed by atoms with Crippen molar-refractivity contribution in [2.24, 2.45) is 0 Å². The van der Waals surface area contributed by atoms with Gasteiger partial charge in [-0.1, -0.05) is 0 Å². The summed E-state index contributed by atoms with van der Waals surface area (Å²) in [5.41, 5.74) is 0. The summed E-state index contributed by atoms with van der Waals surface area (Å²) in [5, 5.41) is 6.13. The summed E-state index contributed by atoms with van der Waals surface area (Å²) in [6.45, 7) is 0.993. The van der Waals surface area contributed by atoms with Gasteiger partial charge in [0.15, 0.2) is 5.78 Å². The van der Waals surface area contributed by atoms with Crippen LogP contribution >= 0.6 is 0 Å². The third kappa shape index (κ3) is 1.16. The van der Waals surface area contributed by atoms with E-state index in [0.717, 1.165) is 19.4 Å². The number of Topliss-reactive ketones (excluding diaryl/α,β-unsaturated/α-hetero) is 1. The fraction of sp³-hybridized carbons (Fsp3) is 0.625. The summed E-state index contributed by atoms with van der Waals surface area (Å²) >= 11 is 0. The molecule has 0 spiro atoms. The molecule has 0 radical (unpaired) electrons. The minimum atomic E-state index is -0.00870. The van der Waals surface area contributed by atoms with Crippen molar-refractivity contribution in [1.82, 2.24) is 10.6 Å². The summed E-state index contributed by atoms with van der Waals surface area (Å²) in [5.74, 6) is 0.296. The molecule has 2 aliphatic rings. The van der Waals surface area contributed by atoms with Crippen LogP contribution in [0.15, 0.2) is 12.3 Å². The number of rotatable bonds is 2. The molecule has 0 amide bonds. The topological polar surface area (TPSA) is 41.1 Å². The van der Waals surface area contributed by atoms with Crippen molar-refractivity contribution in [1.29, 1.82) is 0 Å². The molecule has 60 valence electrons. The third-order valence-corrected chi connectivity index (χ3v) is 2.27. The molecule has 3 nitrogen and oxygen atoms in total. The summed E-state index contributed by atoms with van der Waals surface area (Å²) in [4.78, 5) is 11.5. The first-order valence-corrected chi connectivity index (χ1v) is 4.08. The molecule has 0 aromatic carbocycles. The monoisotopic (exact) mass is 152 g/mol. The Labute approximate surface area is 65.9 Å². The molecular weight excluding hydrogens is 140 g/mol. The fourth-order valence-electron chi connectivity index (χ4n) is 1.51. The van der Waals surface area contributed by atoms with Crippen LogP contribution in [0, 0.1) is 0 Å². The molecule has 2 N–H and O–H groups in total. The normalized spacial score (nSPS) is 34.5. The number of nitrogens with one attached hydrogen (secondary N) is 2. The van der Waals surface area contributed by atoms with E-state index in [1.54, 1.807) is 0 Å². The van der Waals surface area contributed by atoms with Gasteiger partial charge in [-0.15, -0.1) is 0 Å². The lowest BCUT2D eigenvalue weighted by Crippen LogP contribution is -2.46. The second-order valence-electron chi connectivity index (χ2n) is 3.05. The smallest absolute Gasteiger partial charge is 0.175 e. The molecule has 0 saturated carbocycles. The van der Waals surface area contributed by atoms with Crippen LogP contribution in [0.5, 0.6) is 0 Å². The third-order valence-electron chi connectivity index (χ3n) is 2.27. The number of carbonyl (C=O) groups excluding carboxylic acids is 1. The largest absolute Gasteiger partial charge is 0.378 e. The zero-order valence-corrected chi connectivity index (χ0v) is 6.34. The Morgan fingerprint density at radius 2 is 2.36 bits per heavy atom. The van der Waals surface area contributed by atoms with Crippen LogP contribution in [0.25, 0.3) is 0 Å². The van der Waals surface area contributed by atoms with E-state index in [1.165, 1.54) is 0 Å². The van der Waals surface area contributed by atoms with Crippen molar-refractivity contribution < 1.29 is 4.79 Å². The predicted molar refractivity (Wildman–Crippen MR) is 42.1 cm³/mol. The van der Waals surface area contributed by atoms with Crippen molar-refractivity contribution in [3.05, 3.63) is 12.3 Å². The Bertz CT molecular complexity index is 194. The van der Waals surface area contributed by atoms with Gasteiger partial charge in [0.05, 0.1) is 6.04 Å². The standard InChI is InChI=1S/C8H12N2O/c11-8(7-3-5-10-7)6-2-1-4-9-6/h3,5-7,9-10H,1-2,4H2. The highest BCUT2D eigenvalue weighted by atomic mass is 16.1. The van der Waals surface area contributed by atoms with Crippen LogP contribution in [0.4, 0.5) is 0 Å². The highest BCUT2D eigenvalue weighted by Gasteiger charge is 2.28. The minimum absolute atomic E-state index is 0.00870. The van der Waals surface area contributed by atoms with Crippen LogP contribution in [0.1, 0.15) is 12.8 Å². The van der Waals surface area contributed by atoms with E-state index in [2.05, 4.69) is 10.6 Å². The molecule has 0 aromatic rings. The van der Waals surface area contributed by atoms with Gasteiger partial charge in [0.25, 0.3) is 0 Å². The van der Waals surface area contributed by atoms with Crippen molar-refractivity contribution >= 4 is 5.78 Å². The van der Waals surface area contributed by atoms with E-state index in [-0.39, 0.29) is 12.1 Å².